The predicted molar refractivity (Wildman–Crippen MR) is 72.8 cm³/mol. The molecule has 0 aliphatic rings. The molecule has 0 aliphatic carbocycles. The fraction of sp³-hybridized carbons (Fsp3) is 0.273. The summed E-state index contributed by atoms with van der Waals surface area (Å²) >= 11 is 1.47. The molecule has 2 aromatic rings. The highest BCUT2D eigenvalue weighted by Gasteiger charge is 2.13. The Kier molecular flexibility index (Phi) is 3.70. The third-order valence-corrected chi connectivity index (χ3v) is 3.80. The van der Waals surface area contributed by atoms with E-state index in [1.54, 1.807) is 12.1 Å². The van der Waals surface area contributed by atoms with Gasteiger partial charge in [-0.1, -0.05) is 17.8 Å². The number of aryl methyl sites for hydroxylation is 1. The van der Waals surface area contributed by atoms with Crippen LogP contribution in [0.1, 0.15) is 11.4 Å². The highest BCUT2D eigenvalue weighted by atomic mass is 32.2. The maximum atomic E-state index is 10.8. The minimum absolute atomic E-state index is 0.0627. The number of hydrogen-bond donors (Lipinski definition) is 1. The lowest BCUT2D eigenvalue weighted by atomic mass is 10.2. The summed E-state index contributed by atoms with van der Waals surface area (Å²) in [6, 6.07) is 4.82. The Labute approximate surface area is 114 Å². The fourth-order valence-electron chi connectivity index (χ4n) is 1.50. The smallest absolute Gasteiger partial charge is 0.292 e. The van der Waals surface area contributed by atoms with Crippen LogP contribution in [0.3, 0.4) is 0 Å². The average Bonchev–Trinajstić information content (AvgIpc) is 2.69. The van der Waals surface area contributed by atoms with Crippen molar-refractivity contribution in [2.45, 2.75) is 17.8 Å². The molecule has 0 bridgehead atoms. The number of rotatable bonds is 4. The second-order valence-corrected chi connectivity index (χ2v) is 4.97. The summed E-state index contributed by atoms with van der Waals surface area (Å²) in [5.74, 6) is 1.40. The van der Waals surface area contributed by atoms with Crippen molar-refractivity contribution in [3.8, 4) is 0 Å². The van der Waals surface area contributed by atoms with Crippen molar-refractivity contribution < 1.29 is 4.92 Å². The number of hydrogen-bond acceptors (Lipinski definition) is 6. The van der Waals surface area contributed by atoms with Crippen LogP contribution in [0.5, 0.6) is 0 Å². The molecule has 7 nitrogen and oxygen atoms in total. The van der Waals surface area contributed by atoms with Crippen LogP contribution in [0.4, 0.5) is 11.4 Å². The van der Waals surface area contributed by atoms with Crippen LogP contribution in [0.15, 0.2) is 23.4 Å². The molecule has 100 valence electrons. The Balaban J connectivity index is 2.14. The van der Waals surface area contributed by atoms with Crippen LogP contribution in [0.2, 0.25) is 0 Å². The zero-order chi connectivity index (χ0) is 14.0. The topological polar surface area (TPSA) is 99.9 Å². The van der Waals surface area contributed by atoms with Crippen LogP contribution >= 0.6 is 11.8 Å². The third-order valence-electron chi connectivity index (χ3n) is 2.71. The van der Waals surface area contributed by atoms with E-state index in [-0.39, 0.29) is 11.4 Å². The summed E-state index contributed by atoms with van der Waals surface area (Å²) in [5.41, 5.74) is 6.49. The number of nitrogens with zero attached hydrogens (tertiary/aromatic N) is 4. The number of nitrogens with two attached hydrogens (primary N) is 1. The zero-order valence-electron chi connectivity index (χ0n) is 10.5. The molecular formula is C11H13N5O2S. The molecule has 2 N–H and O–H groups in total. The van der Waals surface area contributed by atoms with Gasteiger partial charge in [0.2, 0.25) is 0 Å². The van der Waals surface area contributed by atoms with Gasteiger partial charge in [-0.05, 0) is 18.6 Å². The van der Waals surface area contributed by atoms with Crippen molar-refractivity contribution >= 4 is 23.1 Å². The maximum Gasteiger partial charge on any atom is 0.292 e. The minimum Gasteiger partial charge on any atom is -0.393 e. The summed E-state index contributed by atoms with van der Waals surface area (Å²) in [6.45, 7) is 1.87. The molecule has 1 aromatic carbocycles. The quantitative estimate of drug-likeness (QED) is 0.397. The SMILES string of the molecule is Cc1nnc(SCc2ccc(N)c([N+](=O)[O-])c2)n1C. The molecule has 8 heteroatoms. The lowest BCUT2D eigenvalue weighted by molar-refractivity contribution is -0.383. The normalized spacial score (nSPS) is 10.6. The number of benzene rings is 1. The second-order valence-electron chi connectivity index (χ2n) is 4.03. The monoisotopic (exact) mass is 279 g/mol. The van der Waals surface area contributed by atoms with E-state index in [1.807, 2.05) is 18.5 Å². The van der Waals surface area contributed by atoms with Gasteiger partial charge in [-0.15, -0.1) is 10.2 Å². The first-order valence-corrected chi connectivity index (χ1v) is 6.49. The second kappa shape index (κ2) is 5.27. The molecule has 19 heavy (non-hydrogen) atoms. The molecule has 0 saturated heterocycles. The summed E-state index contributed by atoms with van der Waals surface area (Å²) in [7, 11) is 1.88. The first kappa shape index (κ1) is 13.3. The Morgan fingerprint density at radius 2 is 2.21 bits per heavy atom. The molecule has 0 unspecified atom stereocenters. The minimum atomic E-state index is -0.476. The summed E-state index contributed by atoms with van der Waals surface area (Å²) in [5, 5.41) is 19.5. The lowest BCUT2D eigenvalue weighted by Gasteiger charge is -2.03. The zero-order valence-corrected chi connectivity index (χ0v) is 11.3. The van der Waals surface area contributed by atoms with Crippen LogP contribution in [0.25, 0.3) is 0 Å². The lowest BCUT2D eigenvalue weighted by Crippen LogP contribution is -1.97. The van der Waals surface area contributed by atoms with Crippen molar-refractivity contribution in [1.82, 2.24) is 14.8 Å². The van der Waals surface area contributed by atoms with Crippen LogP contribution in [0, 0.1) is 17.0 Å². The number of nitrogen functional groups attached to an aromatic ring is 1. The van der Waals surface area contributed by atoms with Crippen LogP contribution < -0.4 is 5.73 Å². The first-order valence-electron chi connectivity index (χ1n) is 5.50. The van der Waals surface area contributed by atoms with Gasteiger partial charge in [0.15, 0.2) is 5.16 Å². The Hall–Kier alpha value is -2.09. The van der Waals surface area contributed by atoms with Crippen LogP contribution in [-0.2, 0) is 12.8 Å². The van der Waals surface area contributed by atoms with Gasteiger partial charge in [-0.2, -0.15) is 0 Å². The predicted octanol–water partition coefficient (Wildman–Crippen LogP) is 1.91. The van der Waals surface area contributed by atoms with Gasteiger partial charge in [0.25, 0.3) is 5.69 Å². The molecule has 0 aliphatic heterocycles. The molecule has 2 rings (SSSR count). The maximum absolute atomic E-state index is 10.8. The van der Waals surface area contributed by atoms with Crippen molar-refractivity contribution in [2.75, 3.05) is 5.73 Å². The first-order chi connectivity index (χ1) is 8.99. The molecule has 0 radical (unpaired) electrons. The molecule has 0 amide bonds. The van der Waals surface area contributed by atoms with E-state index in [9.17, 15) is 10.1 Å². The van der Waals surface area contributed by atoms with E-state index in [1.165, 1.54) is 17.8 Å². The molecule has 1 aromatic heterocycles. The summed E-state index contributed by atoms with van der Waals surface area (Å²) in [4.78, 5) is 10.3. The third kappa shape index (κ3) is 2.84. The fourth-order valence-corrected chi connectivity index (χ4v) is 2.40. The number of anilines is 1. The van der Waals surface area contributed by atoms with Gasteiger partial charge in [0.05, 0.1) is 4.92 Å². The van der Waals surface area contributed by atoms with Gasteiger partial charge < -0.3 is 10.3 Å². The number of nitro benzene ring substituents is 1. The van der Waals surface area contributed by atoms with E-state index in [4.69, 9.17) is 5.73 Å². The summed E-state index contributed by atoms with van der Waals surface area (Å²) in [6.07, 6.45) is 0. The van der Waals surface area contributed by atoms with Gasteiger partial charge >= 0.3 is 0 Å². The van der Waals surface area contributed by atoms with Gasteiger partial charge in [0, 0.05) is 18.9 Å². The Morgan fingerprint density at radius 1 is 1.47 bits per heavy atom. The molecule has 0 saturated carbocycles. The Morgan fingerprint density at radius 3 is 2.79 bits per heavy atom. The molecule has 1 heterocycles. The number of aromatic nitrogens is 3. The highest BCUT2D eigenvalue weighted by Crippen LogP contribution is 2.26. The van der Waals surface area contributed by atoms with Gasteiger partial charge in [0.1, 0.15) is 11.5 Å². The van der Waals surface area contributed by atoms with E-state index < -0.39 is 4.92 Å². The van der Waals surface area contributed by atoms with Crippen LogP contribution in [-0.4, -0.2) is 19.7 Å². The summed E-state index contributed by atoms with van der Waals surface area (Å²) < 4.78 is 1.87. The van der Waals surface area contributed by atoms with Gasteiger partial charge in [-0.25, -0.2) is 0 Å². The molecule has 0 spiro atoms. The number of nitro groups is 1. The van der Waals surface area contributed by atoms with E-state index in [2.05, 4.69) is 10.2 Å². The van der Waals surface area contributed by atoms with E-state index in [0.29, 0.717) is 5.75 Å². The molecule has 0 atom stereocenters. The molecular weight excluding hydrogens is 266 g/mol. The van der Waals surface area contributed by atoms with Crippen molar-refractivity contribution in [2.24, 2.45) is 7.05 Å². The Bertz CT molecular complexity index is 626. The van der Waals surface area contributed by atoms with Crippen molar-refractivity contribution in [3.63, 3.8) is 0 Å². The highest BCUT2D eigenvalue weighted by molar-refractivity contribution is 7.98. The average molecular weight is 279 g/mol. The van der Waals surface area contributed by atoms with Gasteiger partial charge in [-0.3, -0.25) is 10.1 Å². The standard InChI is InChI=1S/C11H13N5O2S/c1-7-13-14-11(15(7)2)19-6-8-3-4-9(12)10(5-8)16(17)18/h3-5H,6,12H2,1-2H3. The largest absolute Gasteiger partial charge is 0.393 e. The number of thioether (sulfide) groups is 1. The van der Waals surface area contributed by atoms with E-state index in [0.717, 1.165) is 16.5 Å². The van der Waals surface area contributed by atoms with E-state index >= 15 is 0 Å². The molecule has 0 fully saturated rings. The van der Waals surface area contributed by atoms with Crippen molar-refractivity contribution in [1.29, 1.82) is 0 Å². The van der Waals surface area contributed by atoms with Crippen molar-refractivity contribution in [3.05, 3.63) is 39.7 Å².